The van der Waals surface area contributed by atoms with Crippen molar-refractivity contribution in [3.63, 3.8) is 0 Å². The molecule has 0 saturated heterocycles. The molecule has 2 aromatic heterocycles. The van der Waals surface area contributed by atoms with Gasteiger partial charge < -0.3 is 9.73 Å². The molecule has 35 heavy (non-hydrogen) atoms. The predicted molar refractivity (Wildman–Crippen MR) is 135 cm³/mol. The summed E-state index contributed by atoms with van der Waals surface area (Å²) in [6.45, 7) is 8.56. The van der Waals surface area contributed by atoms with E-state index < -0.39 is 6.04 Å². The number of carbonyl (C=O) groups excluding carboxylic acids is 2. The zero-order chi connectivity index (χ0) is 24.9. The summed E-state index contributed by atoms with van der Waals surface area (Å²) >= 11 is 0. The molecule has 0 radical (unpaired) electrons. The summed E-state index contributed by atoms with van der Waals surface area (Å²) in [5.74, 6) is 0.240. The summed E-state index contributed by atoms with van der Waals surface area (Å²) in [7, 11) is 0. The second-order valence-electron chi connectivity index (χ2n) is 9.18. The molecule has 2 aromatic carbocycles. The molecular formula is C27H31N5O3. The maximum Gasteiger partial charge on any atom is 0.251 e. The van der Waals surface area contributed by atoms with Crippen molar-refractivity contribution in [2.75, 3.05) is 11.4 Å². The van der Waals surface area contributed by atoms with Gasteiger partial charge in [-0.25, -0.2) is 4.68 Å². The van der Waals surface area contributed by atoms with Crippen molar-refractivity contribution >= 4 is 28.5 Å². The molecule has 4 rings (SSSR count). The van der Waals surface area contributed by atoms with Crippen molar-refractivity contribution in [3.05, 3.63) is 77.7 Å². The number of aromatic nitrogens is 3. The largest absolute Gasteiger partial charge is 0.467 e. The van der Waals surface area contributed by atoms with Crippen LogP contribution in [0, 0.1) is 19.8 Å². The van der Waals surface area contributed by atoms with Gasteiger partial charge in [0.15, 0.2) is 6.04 Å². The summed E-state index contributed by atoms with van der Waals surface area (Å²) in [4.78, 5) is 29.0. The highest BCUT2D eigenvalue weighted by molar-refractivity contribution is 6.01. The Morgan fingerprint density at radius 1 is 1.09 bits per heavy atom. The minimum Gasteiger partial charge on any atom is -0.467 e. The van der Waals surface area contributed by atoms with E-state index in [9.17, 15) is 9.59 Å². The molecule has 0 fully saturated rings. The smallest absolute Gasteiger partial charge is 0.251 e. The molecule has 0 saturated carbocycles. The quantitative estimate of drug-likeness (QED) is 0.384. The first-order valence-corrected chi connectivity index (χ1v) is 11.8. The average molecular weight is 474 g/mol. The van der Waals surface area contributed by atoms with Crippen molar-refractivity contribution in [1.82, 2.24) is 20.3 Å². The van der Waals surface area contributed by atoms with Crippen LogP contribution in [0.2, 0.25) is 0 Å². The van der Waals surface area contributed by atoms with E-state index in [-0.39, 0.29) is 18.4 Å². The van der Waals surface area contributed by atoms with Crippen LogP contribution in [0.5, 0.6) is 0 Å². The van der Waals surface area contributed by atoms with Crippen LogP contribution in [-0.2, 0) is 16.1 Å². The normalized spacial score (nSPS) is 12.1. The van der Waals surface area contributed by atoms with Crippen LogP contribution < -0.4 is 10.2 Å². The second-order valence-corrected chi connectivity index (χ2v) is 9.18. The summed E-state index contributed by atoms with van der Waals surface area (Å²) in [5.41, 5.74) is 4.04. The summed E-state index contributed by atoms with van der Waals surface area (Å²) in [6.07, 6.45) is 2.35. The number of hydrogen-bond acceptors (Lipinski definition) is 5. The topological polar surface area (TPSA) is 93.3 Å². The van der Waals surface area contributed by atoms with Crippen molar-refractivity contribution < 1.29 is 14.0 Å². The van der Waals surface area contributed by atoms with Gasteiger partial charge in [0, 0.05) is 12.2 Å². The highest BCUT2D eigenvalue weighted by atomic mass is 16.3. The molecule has 0 aliphatic rings. The van der Waals surface area contributed by atoms with E-state index >= 15 is 0 Å². The fourth-order valence-corrected chi connectivity index (χ4v) is 4.13. The first-order valence-electron chi connectivity index (χ1n) is 11.8. The third-order valence-electron chi connectivity index (χ3n) is 5.93. The van der Waals surface area contributed by atoms with Crippen LogP contribution in [0.25, 0.3) is 11.0 Å². The number of furan rings is 1. The number of nitrogens with zero attached hydrogens (tertiary/aromatic N) is 4. The molecule has 2 heterocycles. The number of anilines is 1. The van der Waals surface area contributed by atoms with Crippen LogP contribution >= 0.6 is 0 Å². The Morgan fingerprint density at radius 2 is 1.89 bits per heavy atom. The van der Waals surface area contributed by atoms with E-state index in [1.54, 1.807) is 16.8 Å². The third kappa shape index (κ3) is 5.42. The molecule has 0 bridgehead atoms. The highest BCUT2D eigenvalue weighted by Gasteiger charge is 2.35. The van der Waals surface area contributed by atoms with Crippen molar-refractivity contribution in [2.45, 2.75) is 46.7 Å². The Labute approximate surface area is 204 Å². The average Bonchev–Trinajstić information content (AvgIpc) is 3.48. The second kappa shape index (κ2) is 10.5. The van der Waals surface area contributed by atoms with E-state index in [0.29, 0.717) is 29.4 Å². The van der Waals surface area contributed by atoms with Crippen LogP contribution in [-0.4, -0.2) is 33.4 Å². The Hall–Kier alpha value is -3.94. The number of fused-ring (bicyclic) bond motifs is 1. The lowest BCUT2D eigenvalue weighted by Gasteiger charge is -2.31. The lowest BCUT2D eigenvalue weighted by molar-refractivity contribution is -0.127. The van der Waals surface area contributed by atoms with Gasteiger partial charge in [-0.2, -0.15) is 0 Å². The zero-order valence-corrected chi connectivity index (χ0v) is 20.6. The predicted octanol–water partition coefficient (Wildman–Crippen LogP) is 4.58. The molecule has 8 heteroatoms. The first kappa shape index (κ1) is 24.2. The number of para-hydroxylation sites is 1. The Bertz CT molecular complexity index is 1310. The van der Waals surface area contributed by atoms with Gasteiger partial charge in [-0.15, -0.1) is 5.10 Å². The zero-order valence-electron chi connectivity index (χ0n) is 20.6. The molecule has 0 spiro atoms. The summed E-state index contributed by atoms with van der Waals surface area (Å²) < 4.78 is 7.24. The van der Waals surface area contributed by atoms with Gasteiger partial charge in [-0.3, -0.25) is 14.5 Å². The molecule has 4 aromatic rings. The third-order valence-corrected chi connectivity index (χ3v) is 5.93. The fraction of sp³-hybridized carbons (Fsp3) is 0.333. The van der Waals surface area contributed by atoms with Crippen molar-refractivity contribution in [1.29, 1.82) is 0 Å². The van der Waals surface area contributed by atoms with Gasteiger partial charge in [0.05, 0.1) is 11.8 Å². The number of carbonyl (C=O) groups is 2. The number of benzene rings is 2. The molecular weight excluding hydrogens is 442 g/mol. The van der Waals surface area contributed by atoms with Crippen LogP contribution in [0.15, 0.2) is 65.3 Å². The monoisotopic (exact) mass is 473 g/mol. The van der Waals surface area contributed by atoms with Gasteiger partial charge in [-0.1, -0.05) is 48.9 Å². The summed E-state index contributed by atoms with van der Waals surface area (Å²) in [6, 6.07) is 15.7. The minimum absolute atomic E-state index is 0.0791. The molecule has 1 unspecified atom stereocenters. The number of aryl methyl sites for hydroxylation is 2. The van der Waals surface area contributed by atoms with Crippen LogP contribution in [0.4, 0.5) is 5.69 Å². The number of rotatable bonds is 9. The van der Waals surface area contributed by atoms with Crippen LogP contribution in [0.3, 0.4) is 0 Å². The lowest BCUT2D eigenvalue weighted by Crippen LogP contribution is -2.45. The maximum atomic E-state index is 13.9. The van der Waals surface area contributed by atoms with Gasteiger partial charge in [0.2, 0.25) is 5.91 Å². The maximum absolute atomic E-state index is 13.9. The van der Waals surface area contributed by atoms with Gasteiger partial charge in [0.25, 0.3) is 5.91 Å². The Kier molecular flexibility index (Phi) is 7.29. The van der Waals surface area contributed by atoms with Crippen molar-refractivity contribution in [3.8, 4) is 0 Å². The molecule has 2 amide bonds. The van der Waals surface area contributed by atoms with E-state index in [1.807, 2.05) is 56.3 Å². The van der Waals surface area contributed by atoms with Gasteiger partial charge in [-0.05, 0) is 62.1 Å². The standard InChI is InChI=1S/C27H31N5O3/c1-18(2)13-14-28-27(34)26(24-10-7-15-35-24)32(22-12-11-19(3)16-20(22)4)25(33)17-31-23-9-6-5-8-21(23)29-30-31/h5-12,15-16,18,26H,13-14,17H2,1-4H3,(H,28,34). The van der Waals surface area contributed by atoms with Crippen LogP contribution in [0.1, 0.15) is 43.2 Å². The van der Waals surface area contributed by atoms with Gasteiger partial charge in [0.1, 0.15) is 17.8 Å². The molecule has 8 nitrogen and oxygen atoms in total. The van der Waals surface area contributed by atoms with E-state index in [1.165, 1.54) is 11.2 Å². The highest BCUT2D eigenvalue weighted by Crippen LogP contribution is 2.32. The molecule has 0 aliphatic heterocycles. The van der Waals surface area contributed by atoms with E-state index in [2.05, 4.69) is 29.5 Å². The van der Waals surface area contributed by atoms with Gasteiger partial charge >= 0.3 is 0 Å². The first-order chi connectivity index (χ1) is 16.8. The van der Waals surface area contributed by atoms with E-state index in [4.69, 9.17) is 4.42 Å². The fourth-order valence-electron chi connectivity index (χ4n) is 4.13. The Morgan fingerprint density at radius 3 is 2.60 bits per heavy atom. The molecule has 182 valence electrons. The van der Waals surface area contributed by atoms with E-state index in [0.717, 1.165) is 23.1 Å². The number of hydrogen-bond donors (Lipinski definition) is 1. The molecule has 1 atom stereocenters. The SMILES string of the molecule is Cc1ccc(N(C(=O)Cn2nnc3ccccc32)C(C(=O)NCCC(C)C)c2ccco2)c(C)c1. The lowest BCUT2D eigenvalue weighted by atomic mass is 10.1. The molecule has 0 aliphatic carbocycles. The summed E-state index contributed by atoms with van der Waals surface area (Å²) in [5, 5.41) is 11.3. The van der Waals surface area contributed by atoms with Crippen molar-refractivity contribution in [2.24, 2.45) is 5.92 Å². The molecule has 1 N–H and O–H groups in total. The number of amides is 2. The Balaban J connectivity index is 1.75. The number of nitrogens with one attached hydrogen (secondary N) is 1. The minimum atomic E-state index is -0.971.